The number of hydrogen-bond donors (Lipinski definition) is 0. The van der Waals surface area contributed by atoms with Gasteiger partial charge in [0.05, 0.1) is 21.9 Å². The smallest absolute Gasteiger partial charge is 0.267 e. The third kappa shape index (κ3) is 3.16. The number of fused-ring (bicyclic) bond motifs is 1. The summed E-state index contributed by atoms with van der Waals surface area (Å²) in [4.78, 5) is 35.5. The van der Waals surface area contributed by atoms with Gasteiger partial charge in [0.2, 0.25) is 0 Å². The Morgan fingerprint density at radius 3 is 2.37 bits per heavy atom. The number of carbonyl (C=O) groups excluding carboxylic acids is 2. The van der Waals surface area contributed by atoms with E-state index in [0.29, 0.717) is 15.6 Å². The average Bonchev–Trinajstić information content (AvgIpc) is 3.23. The van der Waals surface area contributed by atoms with Crippen molar-refractivity contribution >= 4 is 45.7 Å². The number of thioether (sulfide) groups is 1. The molecule has 0 radical (unpaired) electrons. The topological polar surface area (TPSA) is 53.0 Å². The van der Waals surface area contributed by atoms with Crippen molar-refractivity contribution in [2.45, 2.75) is 38.1 Å². The largest absolute Gasteiger partial charge is 0.311 e. The lowest BCUT2D eigenvalue weighted by atomic mass is 9.94. The van der Waals surface area contributed by atoms with E-state index in [1.54, 1.807) is 11.9 Å². The minimum absolute atomic E-state index is 0.0879. The molecule has 0 bridgehead atoms. The average molecular weight is 418 g/mol. The SMILES string of the molecule is CN1C(=O)/C(=C2\SC(=Nc3ccccc3)N(C3CCCCC3)C2=O)c2ccccc21. The highest BCUT2D eigenvalue weighted by Crippen LogP contribution is 2.45. The standard InChI is InChI=1S/C24H23N3O2S/c1-26-19-15-9-8-14-18(19)20(22(26)28)21-23(29)27(17-12-6-3-7-13-17)24(30-21)25-16-10-4-2-5-11-16/h2,4-5,8-11,14-15,17H,3,6-7,12-13H2,1H3/b21-20-,25-24?. The molecule has 1 saturated heterocycles. The number of carbonyl (C=O) groups is 2. The van der Waals surface area contributed by atoms with E-state index in [1.807, 2.05) is 59.5 Å². The van der Waals surface area contributed by atoms with E-state index in [1.165, 1.54) is 18.2 Å². The number of rotatable bonds is 2. The van der Waals surface area contributed by atoms with Gasteiger partial charge in [-0.15, -0.1) is 0 Å². The van der Waals surface area contributed by atoms with Crippen LogP contribution in [0.2, 0.25) is 0 Å². The number of benzene rings is 2. The van der Waals surface area contributed by atoms with Crippen LogP contribution in [0.5, 0.6) is 0 Å². The fourth-order valence-corrected chi connectivity index (χ4v) is 5.63. The number of likely N-dealkylation sites (N-methyl/N-ethyl adjacent to an activating group) is 1. The molecule has 0 N–H and O–H groups in total. The molecule has 0 unspecified atom stereocenters. The second-order valence-corrected chi connectivity index (χ2v) is 8.86. The van der Waals surface area contributed by atoms with E-state index in [2.05, 4.69) is 0 Å². The zero-order valence-corrected chi connectivity index (χ0v) is 17.7. The Kier molecular flexibility index (Phi) is 4.95. The summed E-state index contributed by atoms with van der Waals surface area (Å²) >= 11 is 1.34. The van der Waals surface area contributed by atoms with Crippen LogP contribution in [0, 0.1) is 0 Å². The van der Waals surface area contributed by atoms with E-state index in [-0.39, 0.29) is 17.9 Å². The molecule has 0 spiro atoms. The molecule has 2 aromatic rings. The molecule has 2 fully saturated rings. The Morgan fingerprint density at radius 1 is 0.900 bits per heavy atom. The van der Waals surface area contributed by atoms with Gasteiger partial charge in [0.1, 0.15) is 0 Å². The van der Waals surface area contributed by atoms with Gasteiger partial charge in [-0.1, -0.05) is 55.7 Å². The lowest BCUT2D eigenvalue weighted by molar-refractivity contribution is -0.124. The number of para-hydroxylation sites is 2. The predicted octanol–water partition coefficient (Wildman–Crippen LogP) is 4.97. The first-order valence-corrected chi connectivity index (χ1v) is 11.2. The maximum atomic E-state index is 13.7. The summed E-state index contributed by atoms with van der Waals surface area (Å²) in [6, 6.07) is 17.5. The van der Waals surface area contributed by atoms with Gasteiger partial charge >= 0.3 is 0 Å². The number of anilines is 1. The van der Waals surface area contributed by atoms with Crippen LogP contribution < -0.4 is 4.90 Å². The Hall–Kier alpha value is -2.86. The van der Waals surface area contributed by atoms with Crippen molar-refractivity contribution in [3.8, 4) is 0 Å². The number of amidine groups is 1. The molecule has 30 heavy (non-hydrogen) atoms. The van der Waals surface area contributed by atoms with Crippen molar-refractivity contribution in [1.82, 2.24) is 4.90 Å². The van der Waals surface area contributed by atoms with Crippen molar-refractivity contribution in [3.63, 3.8) is 0 Å². The van der Waals surface area contributed by atoms with E-state index in [9.17, 15) is 9.59 Å². The summed E-state index contributed by atoms with van der Waals surface area (Å²) in [6.45, 7) is 0. The van der Waals surface area contributed by atoms with E-state index >= 15 is 0 Å². The van der Waals surface area contributed by atoms with E-state index in [4.69, 9.17) is 4.99 Å². The number of hydrogen-bond acceptors (Lipinski definition) is 4. The number of aliphatic imine (C=N–C) groups is 1. The number of amides is 2. The van der Waals surface area contributed by atoms with Gasteiger partial charge in [-0.05, 0) is 42.8 Å². The van der Waals surface area contributed by atoms with Gasteiger partial charge < -0.3 is 4.90 Å². The predicted molar refractivity (Wildman–Crippen MR) is 122 cm³/mol. The molecule has 6 heteroatoms. The van der Waals surface area contributed by atoms with Gasteiger partial charge in [0.25, 0.3) is 11.8 Å². The summed E-state index contributed by atoms with van der Waals surface area (Å²) in [5, 5.41) is 0.681. The first kappa shape index (κ1) is 19.1. The molecule has 5 rings (SSSR count). The first-order valence-electron chi connectivity index (χ1n) is 10.4. The van der Waals surface area contributed by atoms with Gasteiger partial charge in [-0.3, -0.25) is 14.5 Å². The molecule has 1 saturated carbocycles. The quantitative estimate of drug-likeness (QED) is 0.648. The molecule has 152 valence electrons. The molecule has 2 heterocycles. The Labute approximate surface area is 180 Å². The normalized spacial score (nSPS) is 23.6. The van der Waals surface area contributed by atoms with Gasteiger partial charge in [0.15, 0.2) is 5.17 Å². The van der Waals surface area contributed by atoms with Crippen LogP contribution in [0.3, 0.4) is 0 Å². The fraction of sp³-hybridized carbons (Fsp3) is 0.292. The lowest BCUT2D eigenvalue weighted by Gasteiger charge is -2.30. The Balaban J connectivity index is 1.63. The molecule has 2 aromatic carbocycles. The molecule has 3 aliphatic rings. The summed E-state index contributed by atoms with van der Waals surface area (Å²) in [5.74, 6) is -0.216. The van der Waals surface area contributed by atoms with Crippen LogP contribution in [0.25, 0.3) is 5.57 Å². The molecule has 1 aliphatic carbocycles. The Morgan fingerprint density at radius 2 is 1.60 bits per heavy atom. The molecular weight excluding hydrogens is 394 g/mol. The van der Waals surface area contributed by atoms with E-state index in [0.717, 1.165) is 42.6 Å². The minimum atomic E-state index is -0.128. The molecule has 0 atom stereocenters. The maximum absolute atomic E-state index is 13.7. The third-order valence-corrected chi connectivity index (χ3v) is 7.07. The van der Waals surface area contributed by atoms with Crippen LogP contribution in [0.4, 0.5) is 11.4 Å². The molecule has 2 amide bonds. The van der Waals surface area contributed by atoms with Crippen molar-refractivity contribution in [2.24, 2.45) is 4.99 Å². The molecule has 0 aromatic heterocycles. The molecule has 2 aliphatic heterocycles. The van der Waals surface area contributed by atoms with Crippen LogP contribution in [-0.2, 0) is 9.59 Å². The number of nitrogens with zero attached hydrogens (tertiary/aromatic N) is 3. The van der Waals surface area contributed by atoms with Gasteiger partial charge in [0, 0.05) is 18.7 Å². The molecule has 5 nitrogen and oxygen atoms in total. The third-order valence-electron chi connectivity index (χ3n) is 6.01. The van der Waals surface area contributed by atoms with Crippen molar-refractivity contribution in [3.05, 3.63) is 65.1 Å². The highest BCUT2D eigenvalue weighted by atomic mass is 32.2. The van der Waals surface area contributed by atoms with Gasteiger partial charge in [-0.2, -0.15) is 0 Å². The zero-order chi connectivity index (χ0) is 20.7. The monoisotopic (exact) mass is 417 g/mol. The van der Waals surface area contributed by atoms with Crippen molar-refractivity contribution in [2.75, 3.05) is 11.9 Å². The fourth-order valence-electron chi connectivity index (χ4n) is 4.48. The van der Waals surface area contributed by atoms with Crippen molar-refractivity contribution < 1.29 is 9.59 Å². The lowest BCUT2D eigenvalue weighted by Crippen LogP contribution is -2.40. The van der Waals surface area contributed by atoms with E-state index < -0.39 is 0 Å². The second kappa shape index (κ2) is 7.76. The highest BCUT2D eigenvalue weighted by Gasteiger charge is 2.44. The van der Waals surface area contributed by atoms with Gasteiger partial charge in [-0.25, -0.2) is 4.99 Å². The zero-order valence-electron chi connectivity index (χ0n) is 16.9. The minimum Gasteiger partial charge on any atom is -0.311 e. The second-order valence-electron chi connectivity index (χ2n) is 7.88. The highest BCUT2D eigenvalue weighted by molar-refractivity contribution is 8.18. The summed E-state index contributed by atoms with van der Waals surface area (Å²) in [6.07, 6.45) is 5.41. The first-order chi connectivity index (χ1) is 14.6. The molecular formula is C24H23N3O2S. The Bertz CT molecular complexity index is 1070. The van der Waals surface area contributed by atoms with Crippen LogP contribution in [-0.4, -0.2) is 35.0 Å². The van der Waals surface area contributed by atoms with Crippen LogP contribution in [0.1, 0.15) is 37.7 Å². The van der Waals surface area contributed by atoms with Crippen LogP contribution in [0.15, 0.2) is 64.5 Å². The summed E-state index contributed by atoms with van der Waals surface area (Å²) < 4.78 is 0. The summed E-state index contributed by atoms with van der Waals surface area (Å²) in [7, 11) is 1.76. The van der Waals surface area contributed by atoms with Crippen LogP contribution >= 0.6 is 11.8 Å². The van der Waals surface area contributed by atoms with Crippen molar-refractivity contribution in [1.29, 1.82) is 0 Å². The summed E-state index contributed by atoms with van der Waals surface area (Å²) in [5.41, 5.74) is 2.98. The maximum Gasteiger partial charge on any atom is 0.267 e.